The van der Waals surface area contributed by atoms with Crippen molar-refractivity contribution in [2.45, 2.75) is 13.3 Å². The Morgan fingerprint density at radius 2 is 2.00 bits per heavy atom. The number of carbonyl (C=O) groups excluding carboxylic acids is 1. The van der Waals surface area contributed by atoms with Gasteiger partial charge in [0, 0.05) is 24.8 Å². The van der Waals surface area contributed by atoms with Crippen LogP contribution in [0, 0.1) is 5.41 Å². The standard InChI is InChI=1S/C17H17N3O3/c1-17(16(22)23)7-8-20(10-17)15(21)13-9-18-11-19-14(13)12-5-3-2-4-6-12/h2-6,9,11H,7-8,10H2,1H3,(H,22,23). The molecule has 1 aliphatic heterocycles. The van der Waals surface area contributed by atoms with E-state index in [4.69, 9.17) is 0 Å². The molecule has 0 saturated carbocycles. The number of carbonyl (C=O) groups is 2. The van der Waals surface area contributed by atoms with Crippen LogP contribution in [0.25, 0.3) is 11.3 Å². The molecule has 1 aliphatic rings. The molecular formula is C17H17N3O3. The van der Waals surface area contributed by atoms with E-state index in [2.05, 4.69) is 9.97 Å². The summed E-state index contributed by atoms with van der Waals surface area (Å²) in [4.78, 5) is 33.9. The highest BCUT2D eigenvalue weighted by Crippen LogP contribution is 2.32. The zero-order valence-corrected chi connectivity index (χ0v) is 12.8. The maximum absolute atomic E-state index is 12.8. The number of nitrogens with zero attached hydrogens (tertiary/aromatic N) is 3. The van der Waals surface area contributed by atoms with Gasteiger partial charge in [-0.15, -0.1) is 0 Å². The lowest BCUT2D eigenvalue weighted by atomic mass is 9.90. The summed E-state index contributed by atoms with van der Waals surface area (Å²) in [5.74, 6) is -1.10. The highest BCUT2D eigenvalue weighted by Gasteiger charge is 2.42. The lowest BCUT2D eigenvalue weighted by molar-refractivity contribution is -0.147. The largest absolute Gasteiger partial charge is 0.481 e. The van der Waals surface area contributed by atoms with Crippen molar-refractivity contribution in [1.29, 1.82) is 0 Å². The maximum Gasteiger partial charge on any atom is 0.311 e. The van der Waals surface area contributed by atoms with Gasteiger partial charge in [0.05, 0.1) is 16.7 Å². The smallest absolute Gasteiger partial charge is 0.311 e. The zero-order valence-electron chi connectivity index (χ0n) is 12.8. The van der Waals surface area contributed by atoms with E-state index in [-0.39, 0.29) is 12.5 Å². The summed E-state index contributed by atoms with van der Waals surface area (Å²) < 4.78 is 0. The van der Waals surface area contributed by atoms with Crippen LogP contribution in [0.3, 0.4) is 0 Å². The Kier molecular flexibility index (Phi) is 3.82. The number of hydrogen-bond acceptors (Lipinski definition) is 4. The minimum Gasteiger partial charge on any atom is -0.481 e. The molecule has 23 heavy (non-hydrogen) atoms. The van der Waals surface area contributed by atoms with Crippen LogP contribution in [0.5, 0.6) is 0 Å². The molecule has 1 amide bonds. The maximum atomic E-state index is 12.8. The fraction of sp³-hybridized carbons (Fsp3) is 0.294. The summed E-state index contributed by atoms with van der Waals surface area (Å²) in [6.45, 7) is 2.29. The Hall–Kier alpha value is -2.76. The second-order valence-electron chi connectivity index (χ2n) is 5.99. The van der Waals surface area contributed by atoms with Crippen molar-refractivity contribution in [3.05, 3.63) is 48.4 Å². The predicted octanol–water partition coefficient (Wildman–Crippen LogP) is 2.08. The van der Waals surface area contributed by atoms with Crippen molar-refractivity contribution in [3.8, 4) is 11.3 Å². The lowest BCUT2D eigenvalue weighted by Gasteiger charge is -2.20. The van der Waals surface area contributed by atoms with Gasteiger partial charge in [-0.1, -0.05) is 30.3 Å². The summed E-state index contributed by atoms with van der Waals surface area (Å²) in [7, 11) is 0. The second-order valence-corrected chi connectivity index (χ2v) is 5.99. The molecule has 0 aliphatic carbocycles. The van der Waals surface area contributed by atoms with Gasteiger partial charge >= 0.3 is 5.97 Å². The molecule has 2 aromatic rings. The van der Waals surface area contributed by atoms with Gasteiger partial charge in [0.2, 0.25) is 0 Å². The molecular weight excluding hydrogens is 294 g/mol. The van der Waals surface area contributed by atoms with Gasteiger partial charge in [0.1, 0.15) is 6.33 Å². The number of carboxylic acid groups (broad SMARTS) is 1. The third kappa shape index (κ3) is 2.79. The molecule has 1 aromatic heterocycles. The van der Waals surface area contributed by atoms with Gasteiger partial charge in [-0.3, -0.25) is 9.59 Å². The fourth-order valence-corrected chi connectivity index (χ4v) is 2.79. The first kappa shape index (κ1) is 15.1. The number of aromatic nitrogens is 2. The molecule has 1 aromatic carbocycles. The summed E-state index contributed by atoms with van der Waals surface area (Å²) in [6, 6.07) is 9.41. The molecule has 1 N–H and O–H groups in total. The average Bonchev–Trinajstić information content (AvgIpc) is 2.99. The first-order valence-corrected chi connectivity index (χ1v) is 7.39. The normalized spacial score (nSPS) is 20.5. The van der Waals surface area contributed by atoms with Gasteiger partial charge in [-0.05, 0) is 13.3 Å². The number of likely N-dealkylation sites (tertiary alicyclic amines) is 1. The molecule has 1 unspecified atom stereocenters. The number of amides is 1. The molecule has 1 fully saturated rings. The number of aliphatic carboxylic acids is 1. The topological polar surface area (TPSA) is 83.4 Å². The Morgan fingerprint density at radius 3 is 2.65 bits per heavy atom. The highest BCUT2D eigenvalue weighted by atomic mass is 16.4. The lowest BCUT2D eigenvalue weighted by Crippen LogP contribution is -2.35. The van der Waals surface area contributed by atoms with Gasteiger partial charge in [0.25, 0.3) is 5.91 Å². The van der Waals surface area contributed by atoms with Crippen molar-refractivity contribution in [3.63, 3.8) is 0 Å². The van der Waals surface area contributed by atoms with Gasteiger partial charge in [0.15, 0.2) is 0 Å². The molecule has 0 radical (unpaired) electrons. The zero-order chi connectivity index (χ0) is 16.4. The van der Waals surface area contributed by atoms with Crippen molar-refractivity contribution < 1.29 is 14.7 Å². The first-order valence-electron chi connectivity index (χ1n) is 7.39. The van der Waals surface area contributed by atoms with Crippen molar-refractivity contribution >= 4 is 11.9 Å². The van der Waals surface area contributed by atoms with Crippen LogP contribution in [0.15, 0.2) is 42.9 Å². The summed E-state index contributed by atoms with van der Waals surface area (Å²) in [6.07, 6.45) is 3.35. The molecule has 1 saturated heterocycles. The minimum absolute atomic E-state index is 0.199. The van der Waals surface area contributed by atoms with E-state index in [9.17, 15) is 14.7 Å². The first-order chi connectivity index (χ1) is 11.0. The molecule has 3 rings (SSSR count). The highest BCUT2D eigenvalue weighted by molar-refractivity contribution is 6.00. The Balaban J connectivity index is 1.92. The van der Waals surface area contributed by atoms with E-state index in [1.165, 1.54) is 12.5 Å². The molecule has 6 nitrogen and oxygen atoms in total. The molecule has 2 heterocycles. The number of rotatable bonds is 3. The van der Waals surface area contributed by atoms with Crippen LogP contribution in [-0.4, -0.2) is 44.9 Å². The monoisotopic (exact) mass is 311 g/mol. The Bertz CT molecular complexity index is 748. The summed E-state index contributed by atoms with van der Waals surface area (Å²) in [5.41, 5.74) is 0.902. The third-order valence-corrected chi connectivity index (χ3v) is 4.27. The summed E-state index contributed by atoms with van der Waals surface area (Å²) in [5, 5.41) is 9.31. The van der Waals surface area contributed by atoms with Crippen LogP contribution in [0.4, 0.5) is 0 Å². The van der Waals surface area contributed by atoms with Crippen LogP contribution in [-0.2, 0) is 4.79 Å². The molecule has 1 atom stereocenters. The number of hydrogen-bond donors (Lipinski definition) is 1. The molecule has 0 bridgehead atoms. The molecule has 6 heteroatoms. The van der Waals surface area contributed by atoms with Crippen molar-refractivity contribution in [1.82, 2.24) is 14.9 Å². The minimum atomic E-state index is -0.891. The van der Waals surface area contributed by atoms with Crippen LogP contribution in [0.2, 0.25) is 0 Å². The predicted molar refractivity (Wildman–Crippen MR) is 83.7 cm³/mol. The van der Waals surface area contributed by atoms with Crippen molar-refractivity contribution in [2.75, 3.05) is 13.1 Å². The van der Waals surface area contributed by atoms with E-state index in [0.29, 0.717) is 24.2 Å². The number of benzene rings is 1. The Labute approximate surface area is 133 Å². The van der Waals surface area contributed by atoms with E-state index in [1.807, 2.05) is 30.3 Å². The molecule has 0 spiro atoms. The average molecular weight is 311 g/mol. The van der Waals surface area contributed by atoms with E-state index < -0.39 is 11.4 Å². The Morgan fingerprint density at radius 1 is 1.26 bits per heavy atom. The van der Waals surface area contributed by atoms with Crippen LogP contribution in [0.1, 0.15) is 23.7 Å². The van der Waals surface area contributed by atoms with E-state index in [1.54, 1.807) is 11.8 Å². The van der Waals surface area contributed by atoms with Crippen LogP contribution < -0.4 is 0 Å². The van der Waals surface area contributed by atoms with E-state index in [0.717, 1.165) is 5.56 Å². The quantitative estimate of drug-likeness (QED) is 0.938. The van der Waals surface area contributed by atoms with Gasteiger partial charge < -0.3 is 10.0 Å². The molecule has 118 valence electrons. The number of carboxylic acids is 1. The SMILES string of the molecule is CC1(C(=O)O)CCN(C(=O)c2cncnc2-c2ccccc2)C1. The summed E-state index contributed by atoms with van der Waals surface area (Å²) >= 11 is 0. The van der Waals surface area contributed by atoms with Crippen molar-refractivity contribution in [2.24, 2.45) is 5.41 Å². The van der Waals surface area contributed by atoms with E-state index >= 15 is 0 Å². The second kappa shape index (κ2) is 5.79. The van der Waals surface area contributed by atoms with Crippen LogP contribution >= 0.6 is 0 Å². The van der Waals surface area contributed by atoms with Gasteiger partial charge in [-0.25, -0.2) is 9.97 Å². The van der Waals surface area contributed by atoms with Gasteiger partial charge in [-0.2, -0.15) is 0 Å². The fourth-order valence-electron chi connectivity index (χ4n) is 2.79. The third-order valence-electron chi connectivity index (χ3n) is 4.27.